The second kappa shape index (κ2) is 7.38. The van der Waals surface area contributed by atoms with Crippen LogP contribution in [0.3, 0.4) is 0 Å². The lowest BCUT2D eigenvalue weighted by molar-refractivity contribution is -0.141. The van der Waals surface area contributed by atoms with Gasteiger partial charge in [-0.25, -0.2) is 4.79 Å². The van der Waals surface area contributed by atoms with Gasteiger partial charge in [0.05, 0.1) is 5.92 Å². The van der Waals surface area contributed by atoms with Gasteiger partial charge in [-0.15, -0.1) is 0 Å². The number of hydrogen-bond donors (Lipinski definition) is 1. The molecule has 0 radical (unpaired) electrons. The Kier molecular flexibility index (Phi) is 5.03. The van der Waals surface area contributed by atoms with Crippen LogP contribution >= 0.6 is 0 Å². The maximum absolute atomic E-state index is 12.4. The van der Waals surface area contributed by atoms with Crippen LogP contribution in [0.5, 0.6) is 0 Å². The molecule has 0 unspecified atom stereocenters. The topological polar surface area (TPSA) is 66.8 Å². The Morgan fingerprint density at radius 2 is 1.76 bits per heavy atom. The lowest BCUT2D eigenvalue weighted by Crippen LogP contribution is -2.30. The number of carboxylic acids is 1. The van der Waals surface area contributed by atoms with Gasteiger partial charge in [-0.1, -0.05) is 54.6 Å². The van der Waals surface area contributed by atoms with E-state index < -0.39 is 18.0 Å². The van der Waals surface area contributed by atoms with Crippen LogP contribution in [0, 0.1) is 12.8 Å². The molecule has 0 aromatic heterocycles. The number of hydrogen-bond acceptors (Lipinski definition) is 3. The summed E-state index contributed by atoms with van der Waals surface area (Å²) in [7, 11) is 0. The molecule has 1 aliphatic heterocycles. The highest BCUT2D eigenvalue weighted by atomic mass is 16.6. The molecule has 1 N–H and O–H groups in total. The van der Waals surface area contributed by atoms with Crippen LogP contribution in [-0.2, 0) is 16.1 Å². The molecule has 25 heavy (non-hydrogen) atoms. The second-order valence-corrected chi connectivity index (χ2v) is 6.35. The molecule has 130 valence electrons. The Morgan fingerprint density at radius 3 is 2.44 bits per heavy atom. The zero-order valence-corrected chi connectivity index (χ0v) is 14.1. The summed E-state index contributed by atoms with van der Waals surface area (Å²) in [6.07, 6.45) is -0.466. The highest BCUT2D eigenvalue weighted by Crippen LogP contribution is 2.34. The van der Waals surface area contributed by atoms with Crippen molar-refractivity contribution in [2.24, 2.45) is 5.92 Å². The van der Waals surface area contributed by atoms with Gasteiger partial charge in [-0.2, -0.15) is 0 Å². The monoisotopic (exact) mass is 339 g/mol. The molecule has 0 aliphatic carbocycles. The van der Waals surface area contributed by atoms with E-state index in [0.717, 1.165) is 16.7 Å². The van der Waals surface area contributed by atoms with E-state index in [1.807, 2.05) is 61.5 Å². The number of carbonyl (C=O) groups is 2. The molecule has 2 aromatic carbocycles. The highest BCUT2D eigenvalue weighted by molar-refractivity contribution is 5.76. The first kappa shape index (κ1) is 17.0. The molecule has 1 saturated heterocycles. The number of rotatable bonds is 4. The van der Waals surface area contributed by atoms with Crippen LogP contribution in [0.1, 0.15) is 22.6 Å². The number of benzene rings is 2. The molecular weight excluding hydrogens is 318 g/mol. The summed E-state index contributed by atoms with van der Waals surface area (Å²) in [4.78, 5) is 25.5. The lowest BCUT2D eigenvalue weighted by atomic mass is 9.86. The lowest BCUT2D eigenvalue weighted by Gasteiger charge is -2.18. The van der Waals surface area contributed by atoms with Gasteiger partial charge in [0.1, 0.15) is 6.61 Å². The first-order chi connectivity index (χ1) is 12.1. The van der Waals surface area contributed by atoms with E-state index in [-0.39, 0.29) is 19.1 Å². The largest absolute Gasteiger partial charge is 0.481 e. The molecule has 0 spiro atoms. The van der Waals surface area contributed by atoms with Gasteiger partial charge in [-0.05, 0) is 23.6 Å². The molecule has 5 nitrogen and oxygen atoms in total. The Labute approximate surface area is 146 Å². The summed E-state index contributed by atoms with van der Waals surface area (Å²) in [6, 6.07) is 17.2. The Morgan fingerprint density at radius 1 is 1.08 bits per heavy atom. The van der Waals surface area contributed by atoms with E-state index >= 15 is 0 Å². The van der Waals surface area contributed by atoms with Crippen molar-refractivity contribution < 1.29 is 19.4 Å². The van der Waals surface area contributed by atoms with Gasteiger partial charge in [0, 0.05) is 19.0 Å². The van der Waals surface area contributed by atoms with Crippen molar-refractivity contribution in [1.82, 2.24) is 4.90 Å². The molecule has 0 bridgehead atoms. The molecule has 1 fully saturated rings. The molecular formula is C20H21NO4. The highest BCUT2D eigenvalue weighted by Gasteiger charge is 2.41. The van der Waals surface area contributed by atoms with Gasteiger partial charge in [0.15, 0.2) is 0 Å². The van der Waals surface area contributed by atoms with Crippen LogP contribution in [0.25, 0.3) is 0 Å². The maximum Gasteiger partial charge on any atom is 0.410 e. The number of aryl methyl sites for hydroxylation is 1. The quantitative estimate of drug-likeness (QED) is 0.927. The Balaban J connectivity index is 1.70. The number of aliphatic carboxylic acids is 1. The van der Waals surface area contributed by atoms with Gasteiger partial charge in [-0.3, -0.25) is 4.79 Å². The van der Waals surface area contributed by atoms with Gasteiger partial charge in [0.2, 0.25) is 0 Å². The average molecular weight is 339 g/mol. The standard InChI is InChI=1S/C20H21NO4/c1-14-7-5-6-10-16(14)17-11-21(12-18(17)19(22)23)20(24)25-13-15-8-3-2-4-9-15/h2-10,17-18H,11-13H2,1H3,(H,22,23)/t17-,18+/m0/s1. The van der Waals surface area contributed by atoms with Crippen LogP contribution in [0.2, 0.25) is 0 Å². The minimum Gasteiger partial charge on any atom is -0.481 e. The maximum atomic E-state index is 12.4. The Bertz CT molecular complexity index is 759. The van der Waals surface area contributed by atoms with Crippen molar-refractivity contribution in [3.05, 3.63) is 71.3 Å². The number of carboxylic acid groups (broad SMARTS) is 1. The second-order valence-electron chi connectivity index (χ2n) is 6.35. The molecule has 1 heterocycles. The molecule has 2 atom stereocenters. The summed E-state index contributed by atoms with van der Waals surface area (Å²) in [5.41, 5.74) is 2.92. The molecule has 0 saturated carbocycles. The summed E-state index contributed by atoms with van der Waals surface area (Å²) < 4.78 is 5.35. The summed E-state index contributed by atoms with van der Waals surface area (Å²) in [6.45, 7) is 2.67. The molecule has 1 amide bonds. The normalized spacial score (nSPS) is 19.6. The zero-order valence-electron chi connectivity index (χ0n) is 14.1. The average Bonchev–Trinajstić information content (AvgIpc) is 3.06. The molecule has 5 heteroatoms. The van der Waals surface area contributed by atoms with Crippen molar-refractivity contribution in [3.8, 4) is 0 Å². The molecule has 1 aliphatic rings. The third kappa shape index (κ3) is 3.82. The van der Waals surface area contributed by atoms with Crippen LogP contribution in [-0.4, -0.2) is 35.2 Å². The molecule has 3 rings (SSSR count). The number of amides is 1. The van der Waals surface area contributed by atoms with Crippen molar-refractivity contribution >= 4 is 12.1 Å². The number of likely N-dealkylation sites (tertiary alicyclic amines) is 1. The van der Waals surface area contributed by atoms with Crippen LogP contribution in [0.4, 0.5) is 4.79 Å². The minimum absolute atomic E-state index is 0.169. The number of ether oxygens (including phenoxy) is 1. The number of nitrogens with zero attached hydrogens (tertiary/aromatic N) is 1. The Hall–Kier alpha value is -2.82. The minimum atomic E-state index is -0.883. The first-order valence-corrected chi connectivity index (χ1v) is 8.30. The van der Waals surface area contributed by atoms with Crippen molar-refractivity contribution in [2.45, 2.75) is 19.4 Å². The van der Waals surface area contributed by atoms with Crippen molar-refractivity contribution in [3.63, 3.8) is 0 Å². The summed E-state index contributed by atoms with van der Waals surface area (Å²) in [5, 5.41) is 9.56. The van der Waals surface area contributed by atoms with Gasteiger partial charge >= 0.3 is 12.1 Å². The van der Waals surface area contributed by atoms with E-state index in [9.17, 15) is 14.7 Å². The fourth-order valence-corrected chi connectivity index (χ4v) is 3.33. The summed E-state index contributed by atoms with van der Waals surface area (Å²) in [5.74, 6) is -1.72. The van der Waals surface area contributed by atoms with Gasteiger partial charge in [0.25, 0.3) is 0 Å². The fraction of sp³-hybridized carbons (Fsp3) is 0.300. The predicted molar refractivity (Wildman–Crippen MR) is 93.2 cm³/mol. The number of carbonyl (C=O) groups excluding carboxylic acids is 1. The first-order valence-electron chi connectivity index (χ1n) is 8.30. The van der Waals surface area contributed by atoms with Crippen LogP contribution < -0.4 is 0 Å². The van der Waals surface area contributed by atoms with Gasteiger partial charge < -0.3 is 14.7 Å². The van der Waals surface area contributed by atoms with E-state index in [1.54, 1.807) is 0 Å². The SMILES string of the molecule is Cc1ccccc1[C@@H]1CN(C(=O)OCc2ccccc2)C[C@H]1C(=O)O. The predicted octanol–water partition coefficient (Wildman–Crippen LogP) is 3.43. The van der Waals surface area contributed by atoms with Crippen molar-refractivity contribution in [1.29, 1.82) is 0 Å². The zero-order chi connectivity index (χ0) is 17.8. The van der Waals surface area contributed by atoms with E-state index in [0.29, 0.717) is 6.54 Å². The van der Waals surface area contributed by atoms with E-state index in [4.69, 9.17) is 4.74 Å². The molecule has 2 aromatic rings. The smallest absolute Gasteiger partial charge is 0.410 e. The third-order valence-corrected chi connectivity index (χ3v) is 4.69. The third-order valence-electron chi connectivity index (χ3n) is 4.69. The van der Waals surface area contributed by atoms with E-state index in [2.05, 4.69) is 0 Å². The van der Waals surface area contributed by atoms with Crippen molar-refractivity contribution in [2.75, 3.05) is 13.1 Å². The van der Waals surface area contributed by atoms with E-state index in [1.165, 1.54) is 4.90 Å². The fourth-order valence-electron chi connectivity index (χ4n) is 3.33. The van der Waals surface area contributed by atoms with Crippen LogP contribution in [0.15, 0.2) is 54.6 Å². The summed E-state index contributed by atoms with van der Waals surface area (Å²) >= 11 is 0.